The first-order valence-electron chi connectivity index (χ1n) is 5.04. The minimum absolute atomic E-state index is 0.0350. The molecular weight excluding hydrogens is 195 g/mol. The van der Waals surface area contributed by atoms with Crippen LogP contribution in [-0.4, -0.2) is 30.8 Å². The van der Waals surface area contributed by atoms with E-state index in [1.54, 1.807) is 12.1 Å². The highest BCUT2D eigenvalue weighted by Gasteiger charge is 2.01. The van der Waals surface area contributed by atoms with E-state index in [9.17, 15) is 4.39 Å². The van der Waals surface area contributed by atoms with Gasteiger partial charge in [0.2, 0.25) is 0 Å². The zero-order valence-electron chi connectivity index (χ0n) is 8.62. The van der Waals surface area contributed by atoms with Crippen molar-refractivity contribution in [2.45, 2.75) is 12.5 Å². The van der Waals surface area contributed by atoms with E-state index in [2.05, 4.69) is 5.32 Å². The Kier molecular flexibility index (Phi) is 5.25. The molecule has 1 rings (SSSR count). The molecule has 0 saturated heterocycles. The van der Waals surface area contributed by atoms with Crippen LogP contribution in [0.4, 0.5) is 4.39 Å². The second-order valence-electron chi connectivity index (χ2n) is 3.49. The number of nitrogens with two attached hydrogens (primary N) is 1. The maximum Gasteiger partial charge on any atom is 0.126 e. The van der Waals surface area contributed by atoms with Crippen molar-refractivity contribution < 1.29 is 9.50 Å². The molecule has 15 heavy (non-hydrogen) atoms. The highest BCUT2D eigenvalue weighted by molar-refractivity contribution is 5.17. The molecule has 3 nitrogen and oxygen atoms in total. The highest BCUT2D eigenvalue weighted by Crippen LogP contribution is 2.05. The van der Waals surface area contributed by atoms with Gasteiger partial charge >= 0.3 is 0 Å². The molecule has 0 bridgehead atoms. The number of hydrogen-bond acceptors (Lipinski definition) is 3. The van der Waals surface area contributed by atoms with Crippen LogP contribution in [0.2, 0.25) is 0 Å². The lowest BCUT2D eigenvalue weighted by Gasteiger charge is -2.09. The van der Waals surface area contributed by atoms with E-state index in [1.807, 2.05) is 6.07 Å². The second kappa shape index (κ2) is 6.50. The Bertz CT molecular complexity index is 294. The number of aliphatic hydroxyl groups excluding tert-OH is 1. The molecule has 0 aliphatic carbocycles. The Morgan fingerprint density at radius 3 is 2.80 bits per heavy atom. The Morgan fingerprint density at radius 1 is 1.40 bits per heavy atom. The van der Waals surface area contributed by atoms with Gasteiger partial charge in [-0.15, -0.1) is 0 Å². The molecule has 1 unspecified atom stereocenters. The summed E-state index contributed by atoms with van der Waals surface area (Å²) in [5.74, 6) is -0.175. The zero-order valence-corrected chi connectivity index (χ0v) is 8.62. The van der Waals surface area contributed by atoms with Crippen LogP contribution in [0.1, 0.15) is 5.56 Å². The Labute approximate surface area is 89.1 Å². The van der Waals surface area contributed by atoms with Gasteiger partial charge in [-0.3, -0.25) is 0 Å². The van der Waals surface area contributed by atoms with Gasteiger partial charge < -0.3 is 16.2 Å². The molecule has 0 aliphatic heterocycles. The summed E-state index contributed by atoms with van der Waals surface area (Å²) in [5.41, 5.74) is 6.19. The van der Waals surface area contributed by atoms with E-state index < -0.39 is 0 Å². The molecule has 1 aromatic carbocycles. The van der Waals surface area contributed by atoms with E-state index in [0.717, 1.165) is 0 Å². The van der Waals surface area contributed by atoms with E-state index in [1.165, 1.54) is 6.07 Å². The summed E-state index contributed by atoms with van der Waals surface area (Å²) in [4.78, 5) is 0. The van der Waals surface area contributed by atoms with Crippen molar-refractivity contribution in [3.63, 3.8) is 0 Å². The molecule has 0 radical (unpaired) electrons. The lowest BCUT2D eigenvalue weighted by molar-refractivity contribution is 0.262. The van der Waals surface area contributed by atoms with Crippen molar-refractivity contribution in [2.75, 3.05) is 19.7 Å². The molecular formula is C11H17FN2O. The number of aliphatic hydroxyl groups is 1. The van der Waals surface area contributed by atoms with Gasteiger partial charge in [-0.25, -0.2) is 4.39 Å². The Morgan fingerprint density at radius 2 is 2.13 bits per heavy atom. The van der Waals surface area contributed by atoms with Crippen molar-refractivity contribution in [1.82, 2.24) is 5.32 Å². The maximum atomic E-state index is 13.1. The molecule has 1 atom stereocenters. The van der Waals surface area contributed by atoms with Gasteiger partial charge in [0.1, 0.15) is 5.82 Å². The van der Waals surface area contributed by atoms with E-state index in [0.29, 0.717) is 25.1 Å². The van der Waals surface area contributed by atoms with Gasteiger partial charge in [-0.1, -0.05) is 18.2 Å². The summed E-state index contributed by atoms with van der Waals surface area (Å²) in [6, 6.07) is 6.47. The van der Waals surface area contributed by atoms with Crippen LogP contribution in [-0.2, 0) is 6.42 Å². The fraction of sp³-hybridized carbons (Fsp3) is 0.455. The number of benzene rings is 1. The standard InChI is InChI=1S/C11H17FN2O/c12-11-4-2-1-3-9(11)5-6-14-7-10(13)8-15/h1-4,10,14-15H,5-8,13H2. The van der Waals surface area contributed by atoms with Gasteiger partial charge in [0, 0.05) is 12.6 Å². The Hall–Kier alpha value is -0.970. The number of hydrogen-bond donors (Lipinski definition) is 3. The fourth-order valence-electron chi connectivity index (χ4n) is 1.28. The molecule has 0 aliphatic rings. The van der Waals surface area contributed by atoms with Crippen molar-refractivity contribution in [3.05, 3.63) is 35.6 Å². The molecule has 4 heteroatoms. The zero-order chi connectivity index (χ0) is 11.1. The predicted octanol–water partition coefficient (Wildman–Crippen LogP) is 0.277. The first-order valence-corrected chi connectivity index (χ1v) is 5.04. The molecule has 1 aromatic rings. The average Bonchev–Trinajstić information content (AvgIpc) is 2.26. The van der Waals surface area contributed by atoms with Crippen LogP contribution in [0.5, 0.6) is 0 Å². The number of rotatable bonds is 6. The third-order valence-electron chi connectivity index (χ3n) is 2.17. The lowest BCUT2D eigenvalue weighted by Crippen LogP contribution is -2.37. The average molecular weight is 212 g/mol. The molecule has 0 aromatic heterocycles. The van der Waals surface area contributed by atoms with Crippen molar-refractivity contribution in [1.29, 1.82) is 0 Å². The van der Waals surface area contributed by atoms with Gasteiger partial charge in [0.05, 0.1) is 6.61 Å². The SMILES string of the molecule is NC(CO)CNCCc1ccccc1F. The smallest absolute Gasteiger partial charge is 0.126 e. The van der Waals surface area contributed by atoms with Crippen LogP contribution in [0, 0.1) is 5.82 Å². The van der Waals surface area contributed by atoms with Gasteiger partial charge in [0.15, 0.2) is 0 Å². The van der Waals surface area contributed by atoms with Crippen LogP contribution < -0.4 is 11.1 Å². The van der Waals surface area contributed by atoms with Crippen LogP contribution in [0.25, 0.3) is 0 Å². The molecule has 84 valence electrons. The van der Waals surface area contributed by atoms with Gasteiger partial charge in [0.25, 0.3) is 0 Å². The van der Waals surface area contributed by atoms with E-state index in [4.69, 9.17) is 10.8 Å². The van der Waals surface area contributed by atoms with Crippen LogP contribution in [0.15, 0.2) is 24.3 Å². The summed E-state index contributed by atoms with van der Waals surface area (Å²) in [7, 11) is 0. The van der Waals surface area contributed by atoms with Crippen molar-refractivity contribution >= 4 is 0 Å². The summed E-state index contributed by atoms with van der Waals surface area (Å²) in [6.07, 6.45) is 0.630. The van der Waals surface area contributed by atoms with E-state index in [-0.39, 0.29) is 18.5 Å². The molecule has 0 spiro atoms. The van der Waals surface area contributed by atoms with E-state index >= 15 is 0 Å². The first-order chi connectivity index (χ1) is 7.24. The minimum Gasteiger partial charge on any atom is -0.395 e. The van der Waals surface area contributed by atoms with Crippen molar-refractivity contribution in [2.24, 2.45) is 5.73 Å². The fourth-order valence-corrected chi connectivity index (χ4v) is 1.28. The monoisotopic (exact) mass is 212 g/mol. The number of halogens is 1. The maximum absolute atomic E-state index is 13.1. The molecule has 0 fully saturated rings. The molecule has 0 heterocycles. The number of nitrogens with one attached hydrogen (secondary N) is 1. The lowest BCUT2D eigenvalue weighted by atomic mass is 10.1. The topological polar surface area (TPSA) is 58.3 Å². The first kappa shape index (κ1) is 12.1. The highest BCUT2D eigenvalue weighted by atomic mass is 19.1. The van der Waals surface area contributed by atoms with Crippen LogP contribution >= 0.6 is 0 Å². The summed E-state index contributed by atoms with van der Waals surface area (Å²) in [5, 5.41) is 11.7. The largest absolute Gasteiger partial charge is 0.395 e. The molecule has 0 amide bonds. The summed E-state index contributed by atoms with van der Waals surface area (Å²) in [6.45, 7) is 1.17. The summed E-state index contributed by atoms with van der Waals surface area (Å²) < 4.78 is 13.1. The van der Waals surface area contributed by atoms with Crippen LogP contribution in [0.3, 0.4) is 0 Å². The summed E-state index contributed by atoms with van der Waals surface area (Å²) >= 11 is 0. The molecule has 0 saturated carbocycles. The quantitative estimate of drug-likeness (QED) is 0.593. The third-order valence-corrected chi connectivity index (χ3v) is 2.17. The minimum atomic E-state index is -0.245. The Balaban J connectivity index is 2.23. The van der Waals surface area contributed by atoms with Crippen molar-refractivity contribution in [3.8, 4) is 0 Å². The predicted molar refractivity (Wildman–Crippen MR) is 58.0 cm³/mol. The molecule has 4 N–H and O–H groups in total. The normalized spacial score (nSPS) is 12.7. The van der Waals surface area contributed by atoms with Gasteiger partial charge in [-0.2, -0.15) is 0 Å². The third kappa shape index (κ3) is 4.38. The second-order valence-corrected chi connectivity index (χ2v) is 3.49. The van der Waals surface area contributed by atoms with Gasteiger partial charge in [-0.05, 0) is 24.6 Å².